The van der Waals surface area contributed by atoms with Gasteiger partial charge in [-0.3, -0.25) is 4.79 Å². The zero-order chi connectivity index (χ0) is 17.2. The van der Waals surface area contributed by atoms with E-state index in [1.54, 1.807) is 23.5 Å². The lowest BCUT2D eigenvalue weighted by molar-refractivity contribution is 0.0954. The number of benzene rings is 1. The predicted octanol–water partition coefficient (Wildman–Crippen LogP) is 1.94. The summed E-state index contributed by atoms with van der Waals surface area (Å²) in [4.78, 5) is 17.6. The third kappa shape index (κ3) is 5.92. The zero-order valence-corrected chi connectivity index (χ0v) is 14.4. The number of thiophene rings is 1. The van der Waals surface area contributed by atoms with Crippen molar-refractivity contribution in [1.82, 2.24) is 16.0 Å². The van der Waals surface area contributed by atoms with Gasteiger partial charge in [0.2, 0.25) is 0 Å². The number of amides is 1. The minimum Gasteiger partial charge on any atom is -0.508 e. The molecule has 0 saturated heterocycles. The Balaban J connectivity index is 1.74. The standard InChI is InChI=1S/C17H22N4O2S/c1-2-18-17(21-12-15-4-3-11-24-15)20-10-9-19-16(23)13-5-7-14(22)8-6-13/h3-8,11,22H,2,9-10,12H2,1H3,(H,19,23)(H2,18,20,21). The Bertz CT molecular complexity index is 654. The van der Waals surface area contributed by atoms with Gasteiger partial charge in [0.25, 0.3) is 5.91 Å². The van der Waals surface area contributed by atoms with Crippen molar-refractivity contribution in [3.05, 3.63) is 52.2 Å². The monoisotopic (exact) mass is 346 g/mol. The molecule has 0 fully saturated rings. The van der Waals surface area contributed by atoms with Crippen LogP contribution in [0.2, 0.25) is 0 Å². The molecule has 1 heterocycles. The Hall–Kier alpha value is -2.54. The average molecular weight is 346 g/mol. The van der Waals surface area contributed by atoms with E-state index in [9.17, 15) is 9.90 Å². The highest BCUT2D eigenvalue weighted by Crippen LogP contribution is 2.09. The molecule has 1 aromatic carbocycles. The maximum atomic E-state index is 11.9. The molecule has 24 heavy (non-hydrogen) atoms. The smallest absolute Gasteiger partial charge is 0.251 e. The van der Waals surface area contributed by atoms with Crippen molar-refractivity contribution in [3.8, 4) is 5.75 Å². The van der Waals surface area contributed by atoms with Crippen LogP contribution in [0.15, 0.2) is 46.8 Å². The van der Waals surface area contributed by atoms with E-state index >= 15 is 0 Å². The first-order valence-corrected chi connectivity index (χ1v) is 8.69. The zero-order valence-electron chi connectivity index (χ0n) is 13.6. The number of carbonyl (C=O) groups excluding carboxylic acids is 1. The summed E-state index contributed by atoms with van der Waals surface area (Å²) >= 11 is 1.68. The number of guanidine groups is 1. The fraction of sp³-hybridized carbons (Fsp3) is 0.294. The van der Waals surface area contributed by atoms with E-state index in [0.29, 0.717) is 25.2 Å². The maximum Gasteiger partial charge on any atom is 0.251 e. The first-order chi connectivity index (χ1) is 11.7. The van der Waals surface area contributed by atoms with Crippen molar-refractivity contribution in [2.24, 2.45) is 4.99 Å². The van der Waals surface area contributed by atoms with Crippen LogP contribution >= 0.6 is 11.3 Å². The van der Waals surface area contributed by atoms with E-state index in [1.807, 2.05) is 18.4 Å². The van der Waals surface area contributed by atoms with Gasteiger partial charge >= 0.3 is 0 Å². The number of rotatable bonds is 7. The average Bonchev–Trinajstić information content (AvgIpc) is 3.10. The van der Waals surface area contributed by atoms with Gasteiger partial charge in [-0.1, -0.05) is 6.07 Å². The summed E-state index contributed by atoms with van der Waals surface area (Å²) in [5.41, 5.74) is 0.520. The van der Waals surface area contributed by atoms with E-state index in [1.165, 1.54) is 17.0 Å². The molecule has 2 aromatic rings. The second kappa shape index (κ2) is 9.57. The van der Waals surface area contributed by atoms with Crippen LogP contribution in [0.5, 0.6) is 5.75 Å². The molecule has 0 aliphatic heterocycles. The highest BCUT2D eigenvalue weighted by Gasteiger charge is 2.04. The summed E-state index contributed by atoms with van der Waals surface area (Å²) in [7, 11) is 0. The van der Waals surface area contributed by atoms with Crippen molar-refractivity contribution in [1.29, 1.82) is 0 Å². The lowest BCUT2D eigenvalue weighted by Gasteiger charge is -2.11. The molecule has 0 saturated carbocycles. The third-order valence-corrected chi connectivity index (χ3v) is 4.01. The Morgan fingerprint density at radius 2 is 1.88 bits per heavy atom. The van der Waals surface area contributed by atoms with Crippen molar-refractivity contribution in [2.75, 3.05) is 19.6 Å². The summed E-state index contributed by atoms with van der Waals surface area (Å²) in [5.74, 6) is 0.701. The SMILES string of the molecule is CCNC(=NCc1cccs1)NCCNC(=O)c1ccc(O)cc1. The van der Waals surface area contributed by atoms with Crippen LogP contribution in [-0.4, -0.2) is 36.6 Å². The van der Waals surface area contributed by atoms with Crippen LogP contribution < -0.4 is 16.0 Å². The number of carbonyl (C=O) groups is 1. The molecule has 0 spiro atoms. The summed E-state index contributed by atoms with van der Waals surface area (Å²) < 4.78 is 0. The van der Waals surface area contributed by atoms with Gasteiger partial charge < -0.3 is 21.1 Å². The Kier molecular flexibility index (Phi) is 7.10. The lowest BCUT2D eigenvalue weighted by Crippen LogP contribution is -2.41. The quantitative estimate of drug-likeness (QED) is 0.351. The summed E-state index contributed by atoms with van der Waals surface area (Å²) in [6.07, 6.45) is 0. The molecule has 0 aliphatic carbocycles. The van der Waals surface area contributed by atoms with E-state index < -0.39 is 0 Å². The largest absolute Gasteiger partial charge is 0.508 e. The predicted molar refractivity (Wildman–Crippen MR) is 97.6 cm³/mol. The number of nitrogens with zero attached hydrogens (tertiary/aromatic N) is 1. The van der Waals surface area contributed by atoms with Crippen LogP contribution in [0.1, 0.15) is 22.2 Å². The number of hydrogen-bond acceptors (Lipinski definition) is 4. The fourth-order valence-electron chi connectivity index (χ4n) is 1.97. The Morgan fingerprint density at radius 1 is 1.12 bits per heavy atom. The molecule has 6 nitrogen and oxygen atoms in total. The van der Waals surface area contributed by atoms with Crippen molar-refractivity contribution < 1.29 is 9.90 Å². The molecule has 0 aliphatic rings. The van der Waals surface area contributed by atoms with E-state index in [4.69, 9.17) is 0 Å². The normalized spacial score (nSPS) is 11.1. The van der Waals surface area contributed by atoms with Crippen LogP contribution in [0.25, 0.3) is 0 Å². The van der Waals surface area contributed by atoms with Crippen molar-refractivity contribution in [3.63, 3.8) is 0 Å². The fourth-order valence-corrected chi connectivity index (χ4v) is 2.60. The second-order valence-electron chi connectivity index (χ2n) is 5.00. The molecular weight excluding hydrogens is 324 g/mol. The van der Waals surface area contributed by atoms with Gasteiger partial charge in [0.1, 0.15) is 5.75 Å². The minimum atomic E-state index is -0.169. The molecule has 1 amide bonds. The van der Waals surface area contributed by atoms with Crippen molar-refractivity contribution in [2.45, 2.75) is 13.5 Å². The molecule has 0 radical (unpaired) electrons. The van der Waals surface area contributed by atoms with Gasteiger partial charge in [-0.2, -0.15) is 0 Å². The Morgan fingerprint density at radius 3 is 2.54 bits per heavy atom. The summed E-state index contributed by atoms with van der Waals surface area (Å²) in [5, 5.41) is 20.4. The highest BCUT2D eigenvalue weighted by atomic mass is 32.1. The summed E-state index contributed by atoms with van der Waals surface area (Å²) in [6, 6.07) is 10.2. The molecule has 1 aromatic heterocycles. The topological polar surface area (TPSA) is 85.8 Å². The number of phenolic OH excluding ortho intramolecular Hbond substituents is 1. The molecule has 128 valence electrons. The number of hydrogen-bond donors (Lipinski definition) is 4. The van der Waals surface area contributed by atoms with Crippen LogP contribution in [-0.2, 0) is 6.54 Å². The highest BCUT2D eigenvalue weighted by molar-refractivity contribution is 7.09. The molecule has 0 bridgehead atoms. The first kappa shape index (κ1) is 17.8. The van der Waals surface area contributed by atoms with Crippen molar-refractivity contribution >= 4 is 23.2 Å². The van der Waals surface area contributed by atoms with Crippen LogP contribution in [0.3, 0.4) is 0 Å². The number of aromatic hydroxyl groups is 1. The van der Waals surface area contributed by atoms with E-state index in [2.05, 4.69) is 27.0 Å². The minimum absolute atomic E-state index is 0.144. The molecule has 0 atom stereocenters. The first-order valence-electron chi connectivity index (χ1n) is 7.81. The van der Waals surface area contributed by atoms with E-state index in [-0.39, 0.29) is 11.7 Å². The molecule has 2 rings (SSSR count). The van der Waals surface area contributed by atoms with Gasteiger partial charge in [-0.25, -0.2) is 4.99 Å². The maximum absolute atomic E-state index is 11.9. The number of aliphatic imine (C=N–C) groups is 1. The third-order valence-electron chi connectivity index (χ3n) is 3.15. The lowest BCUT2D eigenvalue weighted by atomic mass is 10.2. The van der Waals surface area contributed by atoms with Gasteiger partial charge in [0.05, 0.1) is 6.54 Å². The Labute approximate surface area is 145 Å². The summed E-state index contributed by atoms with van der Waals surface area (Å²) in [6.45, 7) is 4.46. The van der Waals surface area contributed by atoms with Crippen LogP contribution in [0, 0.1) is 0 Å². The van der Waals surface area contributed by atoms with Gasteiger partial charge in [-0.15, -0.1) is 11.3 Å². The van der Waals surface area contributed by atoms with Gasteiger partial charge in [0.15, 0.2) is 5.96 Å². The molecule has 7 heteroatoms. The van der Waals surface area contributed by atoms with Gasteiger partial charge in [0, 0.05) is 30.1 Å². The molecule has 4 N–H and O–H groups in total. The second-order valence-corrected chi connectivity index (χ2v) is 6.04. The van der Waals surface area contributed by atoms with Crippen LogP contribution in [0.4, 0.5) is 0 Å². The van der Waals surface area contributed by atoms with E-state index in [0.717, 1.165) is 12.5 Å². The van der Waals surface area contributed by atoms with Gasteiger partial charge in [-0.05, 0) is 42.6 Å². The number of nitrogens with one attached hydrogen (secondary N) is 3. The number of phenols is 1. The molecular formula is C17H22N4O2S. The molecule has 0 unspecified atom stereocenters.